The van der Waals surface area contributed by atoms with Gasteiger partial charge in [-0.2, -0.15) is 0 Å². The lowest BCUT2D eigenvalue weighted by Crippen LogP contribution is -2.41. The van der Waals surface area contributed by atoms with Gasteiger partial charge in [0.15, 0.2) is 0 Å². The predicted molar refractivity (Wildman–Crippen MR) is 87.1 cm³/mol. The molecule has 0 aromatic carbocycles. The second-order valence-corrected chi connectivity index (χ2v) is 5.61. The minimum Gasteiger partial charge on any atom is -0.376 e. The standard InChI is InChI=1S/C16H28N4O/c1-4-7-14-15(17-3)18-12-19-16(14)20-9-6-8-13(11-20)21-10-5-2/h12-13H,4-11H2,1-3H3,(H,17,18,19). The van der Waals surface area contributed by atoms with E-state index in [1.165, 1.54) is 12.0 Å². The van der Waals surface area contributed by atoms with Crippen LogP contribution in [-0.4, -0.2) is 42.8 Å². The fourth-order valence-corrected chi connectivity index (χ4v) is 2.92. The maximum absolute atomic E-state index is 5.94. The SMILES string of the molecule is CCCOC1CCCN(c2ncnc(NC)c2CCC)C1. The van der Waals surface area contributed by atoms with E-state index in [4.69, 9.17) is 4.74 Å². The highest BCUT2D eigenvalue weighted by Gasteiger charge is 2.24. The Morgan fingerprint density at radius 3 is 2.90 bits per heavy atom. The first kappa shape index (κ1) is 16.0. The highest BCUT2D eigenvalue weighted by Crippen LogP contribution is 2.27. The Labute approximate surface area is 128 Å². The van der Waals surface area contributed by atoms with E-state index in [2.05, 4.69) is 34.0 Å². The highest BCUT2D eigenvalue weighted by atomic mass is 16.5. The molecule has 1 aliphatic heterocycles. The van der Waals surface area contributed by atoms with Gasteiger partial charge in [-0.15, -0.1) is 0 Å². The van der Waals surface area contributed by atoms with Crippen LogP contribution in [0.4, 0.5) is 11.6 Å². The van der Waals surface area contributed by atoms with E-state index in [-0.39, 0.29) is 0 Å². The third-order valence-electron chi connectivity index (χ3n) is 3.89. The summed E-state index contributed by atoms with van der Waals surface area (Å²) in [6.45, 7) is 7.20. The summed E-state index contributed by atoms with van der Waals surface area (Å²) in [6.07, 6.45) is 7.50. The molecule has 1 aromatic heterocycles. The summed E-state index contributed by atoms with van der Waals surface area (Å²) in [6, 6.07) is 0. The Balaban J connectivity index is 2.16. The third-order valence-corrected chi connectivity index (χ3v) is 3.89. The van der Waals surface area contributed by atoms with Gasteiger partial charge < -0.3 is 15.0 Å². The summed E-state index contributed by atoms with van der Waals surface area (Å²) < 4.78 is 5.94. The van der Waals surface area contributed by atoms with Gasteiger partial charge in [0.05, 0.1) is 6.10 Å². The molecule has 0 amide bonds. The molecule has 0 bridgehead atoms. The van der Waals surface area contributed by atoms with Gasteiger partial charge in [0, 0.05) is 32.3 Å². The van der Waals surface area contributed by atoms with Crippen molar-refractivity contribution >= 4 is 11.6 Å². The van der Waals surface area contributed by atoms with E-state index in [0.29, 0.717) is 6.10 Å². The lowest BCUT2D eigenvalue weighted by Gasteiger charge is -2.34. The van der Waals surface area contributed by atoms with E-state index in [1.807, 2.05) is 7.05 Å². The van der Waals surface area contributed by atoms with Crippen molar-refractivity contribution in [3.05, 3.63) is 11.9 Å². The average Bonchev–Trinajstić information content (AvgIpc) is 2.53. The number of nitrogens with zero attached hydrogens (tertiary/aromatic N) is 3. The normalized spacial score (nSPS) is 18.8. The predicted octanol–water partition coefficient (Wildman–Crippen LogP) is 2.87. The van der Waals surface area contributed by atoms with Crippen molar-refractivity contribution in [2.75, 3.05) is 37.0 Å². The number of aromatic nitrogens is 2. The largest absolute Gasteiger partial charge is 0.376 e. The van der Waals surface area contributed by atoms with Crippen LogP contribution < -0.4 is 10.2 Å². The molecule has 0 saturated carbocycles. The van der Waals surface area contributed by atoms with Gasteiger partial charge in [0.1, 0.15) is 18.0 Å². The quantitative estimate of drug-likeness (QED) is 0.837. The summed E-state index contributed by atoms with van der Waals surface area (Å²) in [7, 11) is 1.93. The Morgan fingerprint density at radius 2 is 2.19 bits per heavy atom. The van der Waals surface area contributed by atoms with E-state index in [0.717, 1.165) is 57.0 Å². The number of hydrogen-bond donors (Lipinski definition) is 1. The van der Waals surface area contributed by atoms with Crippen molar-refractivity contribution in [1.29, 1.82) is 0 Å². The Bertz CT molecular complexity index is 438. The molecule has 5 heteroatoms. The molecule has 1 atom stereocenters. The minimum absolute atomic E-state index is 0.334. The fraction of sp³-hybridized carbons (Fsp3) is 0.750. The Hall–Kier alpha value is -1.36. The lowest BCUT2D eigenvalue weighted by molar-refractivity contribution is 0.0439. The smallest absolute Gasteiger partial charge is 0.137 e. The molecule has 2 rings (SSSR count). The summed E-state index contributed by atoms with van der Waals surface area (Å²) in [4.78, 5) is 11.3. The van der Waals surface area contributed by atoms with E-state index < -0.39 is 0 Å². The Morgan fingerprint density at radius 1 is 1.33 bits per heavy atom. The van der Waals surface area contributed by atoms with Crippen LogP contribution in [0, 0.1) is 0 Å². The second kappa shape index (κ2) is 8.17. The van der Waals surface area contributed by atoms with Gasteiger partial charge in [0.2, 0.25) is 0 Å². The summed E-state index contributed by atoms with van der Waals surface area (Å²) in [5.41, 5.74) is 1.23. The van der Waals surface area contributed by atoms with Gasteiger partial charge >= 0.3 is 0 Å². The molecule has 1 N–H and O–H groups in total. The van der Waals surface area contributed by atoms with Crippen LogP contribution in [0.25, 0.3) is 0 Å². The number of nitrogens with one attached hydrogen (secondary N) is 1. The number of ether oxygens (including phenoxy) is 1. The van der Waals surface area contributed by atoms with Crippen molar-refractivity contribution < 1.29 is 4.74 Å². The maximum Gasteiger partial charge on any atom is 0.137 e. The van der Waals surface area contributed by atoms with Crippen LogP contribution in [-0.2, 0) is 11.2 Å². The van der Waals surface area contributed by atoms with Crippen molar-refractivity contribution in [2.24, 2.45) is 0 Å². The zero-order valence-corrected chi connectivity index (χ0v) is 13.6. The van der Waals surface area contributed by atoms with E-state index in [1.54, 1.807) is 6.33 Å². The number of anilines is 2. The zero-order chi connectivity index (χ0) is 15.1. The summed E-state index contributed by atoms with van der Waals surface area (Å²) >= 11 is 0. The molecule has 5 nitrogen and oxygen atoms in total. The van der Waals surface area contributed by atoms with Crippen molar-refractivity contribution in [1.82, 2.24) is 9.97 Å². The molecule has 0 spiro atoms. The first-order valence-electron chi connectivity index (χ1n) is 8.18. The van der Waals surface area contributed by atoms with Crippen LogP contribution in [0.15, 0.2) is 6.33 Å². The molecule has 118 valence electrons. The van der Waals surface area contributed by atoms with Gasteiger partial charge in [-0.05, 0) is 25.7 Å². The monoisotopic (exact) mass is 292 g/mol. The van der Waals surface area contributed by atoms with E-state index in [9.17, 15) is 0 Å². The molecule has 1 aliphatic rings. The molecule has 1 unspecified atom stereocenters. The van der Waals surface area contributed by atoms with Crippen LogP contribution in [0.5, 0.6) is 0 Å². The molecule has 1 fully saturated rings. The maximum atomic E-state index is 5.94. The molecule has 0 radical (unpaired) electrons. The van der Waals surface area contributed by atoms with Crippen LogP contribution in [0.1, 0.15) is 45.1 Å². The van der Waals surface area contributed by atoms with Crippen molar-refractivity contribution in [3.63, 3.8) is 0 Å². The van der Waals surface area contributed by atoms with Gasteiger partial charge in [-0.25, -0.2) is 9.97 Å². The molecular weight excluding hydrogens is 264 g/mol. The third kappa shape index (κ3) is 4.06. The second-order valence-electron chi connectivity index (χ2n) is 5.61. The fourth-order valence-electron chi connectivity index (χ4n) is 2.92. The molecule has 21 heavy (non-hydrogen) atoms. The van der Waals surface area contributed by atoms with Crippen LogP contribution in [0.2, 0.25) is 0 Å². The molecule has 0 aliphatic carbocycles. The van der Waals surface area contributed by atoms with Gasteiger partial charge in [-0.3, -0.25) is 0 Å². The van der Waals surface area contributed by atoms with Gasteiger partial charge in [0.25, 0.3) is 0 Å². The van der Waals surface area contributed by atoms with E-state index >= 15 is 0 Å². The van der Waals surface area contributed by atoms with Crippen LogP contribution in [0.3, 0.4) is 0 Å². The topological polar surface area (TPSA) is 50.3 Å². The first-order chi connectivity index (χ1) is 10.3. The van der Waals surface area contributed by atoms with Crippen molar-refractivity contribution in [3.8, 4) is 0 Å². The van der Waals surface area contributed by atoms with Crippen LogP contribution >= 0.6 is 0 Å². The Kier molecular flexibility index (Phi) is 6.23. The molecule has 2 heterocycles. The highest BCUT2D eigenvalue weighted by molar-refractivity contribution is 5.58. The van der Waals surface area contributed by atoms with Gasteiger partial charge in [-0.1, -0.05) is 20.3 Å². The molecule has 1 aromatic rings. The first-order valence-corrected chi connectivity index (χ1v) is 8.18. The lowest BCUT2D eigenvalue weighted by atomic mass is 10.1. The number of rotatable bonds is 7. The van der Waals surface area contributed by atoms with Crippen molar-refractivity contribution in [2.45, 2.75) is 52.1 Å². The molecular formula is C16H28N4O. The minimum atomic E-state index is 0.334. The summed E-state index contributed by atoms with van der Waals surface area (Å²) in [5.74, 6) is 2.04. The number of piperidine rings is 1. The molecule has 1 saturated heterocycles. The summed E-state index contributed by atoms with van der Waals surface area (Å²) in [5, 5.41) is 3.20. The zero-order valence-electron chi connectivity index (χ0n) is 13.6. The number of hydrogen-bond acceptors (Lipinski definition) is 5. The average molecular weight is 292 g/mol.